The number of nitrogens with one attached hydrogen (secondary N) is 1. The Morgan fingerprint density at radius 2 is 2.06 bits per heavy atom. The fourth-order valence-electron chi connectivity index (χ4n) is 4.28. The van der Waals surface area contributed by atoms with Crippen LogP contribution in [0, 0.1) is 0 Å². The predicted octanol–water partition coefficient (Wildman–Crippen LogP) is 4.24. The van der Waals surface area contributed by atoms with Gasteiger partial charge in [-0.3, -0.25) is 0 Å². The zero-order valence-corrected chi connectivity index (χ0v) is 21.5. The van der Waals surface area contributed by atoms with Gasteiger partial charge in [0.25, 0.3) is 0 Å². The van der Waals surface area contributed by atoms with Crippen LogP contribution in [-0.4, -0.2) is 76.9 Å². The normalized spacial score (nSPS) is 15.4. The van der Waals surface area contributed by atoms with Crippen LogP contribution in [0.5, 0.6) is 11.6 Å². The standard InChI is InChI=1S/C27H33N5O3S/c1-36(2)16-15-33-20-32-25(7-9-30-32)21-3-6-27(29-18-21)35-23-4-5-24-22(19-34-26(24)17-23)8-12-31-13-10-28-11-14-31/h3-7,9,17-19,28H,1,8,10-16,20H2,2H3/t36-/m0/s1. The number of pyridine rings is 1. The van der Waals surface area contributed by atoms with Gasteiger partial charge in [0.15, 0.2) is 0 Å². The molecule has 1 N–H and O–H groups in total. The van der Waals surface area contributed by atoms with Gasteiger partial charge in [0, 0.05) is 74.0 Å². The second kappa shape index (κ2) is 11.8. The van der Waals surface area contributed by atoms with E-state index in [-0.39, 0.29) is 10.5 Å². The summed E-state index contributed by atoms with van der Waals surface area (Å²) in [6, 6.07) is 11.8. The first-order chi connectivity index (χ1) is 17.7. The number of hydrogen-bond acceptors (Lipinski definition) is 7. The van der Waals surface area contributed by atoms with E-state index in [0.29, 0.717) is 25.0 Å². The van der Waals surface area contributed by atoms with Crippen LogP contribution >= 0.6 is 10.5 Å². The maximum atomic E-state index is 6.02. The molecule has 0 bridgehead atoms. The maximum absolute atomic E-state index is 6.02. The zero-order valence-electron chi connectivity index (χ0n) is 20.7. The van der Waals surface area contributed by atoms with Crippen LogP contribution in [0.4, 0.5) is 0 Å². The van der Waals surface area contributed by atoms with Crippen LogP contribution in [0.2, 0.25) is 0 Å². The molecule has 4 heterocycles. The molecule has 190 valence electrons. The summed E-state index contributed by atoms with van der Waals surface area (Å²) in [5.41, 5.74) is 3.97. The molecule has 1 atom stereocenters. The molecule has 1 aliphatic heterocycles. The number of furan rings is 1. The average Bonchev–Trinajstić information content (AvgIpc) is 3.53. The Morgan fingerprint density at radius 3 is 2.86 bits per heavy atom. The van der Waals surface area contributed by atoms with Crippen molar-refractivity contribution in [1.29, 1.82) is 0 Å². The highest BCUT2D eigenvalue weighted by Crippen LogP contribution is 2.29. The third kappa shape index (κ3) is 6.22. The van der Waals surface area contributed by atoms with Crippen molar-refractivity contribution < 1.29 is 13.9 Å². The van der Waals surface area contributed by atoms with Crippen molar-refractivity contribution in [2.75, 3.05) is 51.3 Å². The van der Waals surface area contributed by atoms with Crippen LogP contribution < -0.4 is 10.1 Å². The van der Waals surface area contributed by atoms with Gasteiger partial charge in [0.1, 0.15) is 18.1 Å². The molecule has 9 heteroatoms. The Kier molecular flexibility index (Phi) is 8.12. The molecule has 8 nitrogen and oxygen atoms in total. The van der Waals surface area contributed by atoms with Crippen LogP contribution in [0.15, 0.2) is 59.5 Å². The molecule has 1 aliphatic rings. The molecule has 5 rings (SSSR count). The van der Waals surface area contributed by atoms with Crippen molar-refractivity contribution in [2.24, 2.45) is 0 Å². The molecule has 0 radical (unpaired) electrons. The first-order valence-electron chi connectivity index (χ1n) is 12.2. The molecule has 0 spiro atoms. The van der Waals surface area contributed by atoms with Crippen molar-refractivity contribution in [1.82, 2.24) is 25.0 Å². The molecular formula is C27H33N5O3S. The fourth-order valence-corrected chi connectivity index (χ4v) is 4.68. The van der Waals surface area contributed by atoms with E-state index in [9.17, 15) is 0 Å². The number of ether oxygens (including phenoxy) is 2. The summed E-state index contributed by atoms with van der Waals surface area (Å²) >= 11 is 0. The number of aromatic nitrogens is 3. The number of rotatable bonds is 11. The maximum Gasteiger partial charge on any atom is 0.219 e. The van der Waals surface area contributed by atoms with Crippen molar-refractivity contribution in [3.63, 3.8) is 0 Å². The summed E-state index contributed by atoms with van der Waals surface area (Å²) in [6.07, 6.45) is 8.52. The van der Waals surface area contributed by atoms with Crippen molar-refractivity contribution in [2.45, 2.75) is 13.2 Å². The number of nitrogens with zero attached hydrogens (tertiary/aromatic N) is 4. The summed E-state index contributed by atoms with van der Waals surface area (Å²) in [4.78, 5) is 7.00. The number of benzene rings is 1. The number of fused-ring (bicyclic) bond motifs is 1. The lowest BCUT2D eigenvalue weighted by Gasteiger charge is -2.26. The van der Waals surface area contributed by atoms with Gasteiger partial charge in [-0.15, -0.1) is 0 Å². The summed E-state index contributed by atoms with van der Waals surface area (Å²) in [6.45, 7) is 6.46. The first kappa shape index (κ1) is 24.7. The predicted molar refractivity (Wildman–Crippen MR) is 146 cm³/mol. The summed E-state index contributed by atoms with van der Waals surface area (Å²) in [5, 5.41) is 8.91. The third-order valence-corrected chi connectivity index (χ3v) is 7.16. The minimum Gasteiger partial charge on any atom is -0.464 e. The topological polar surface area (TPSA) is 77.6 Å². The summed E-state index contributed by atoms with van der Waals surface area (Å²) in [7, 11) is 0.128. The molecule has 36 heavy (non-hydrogen) atoms. The van der Waals surface area contributed by atoms with E-state index < -0.39 is 0 Å². The van der Waals surface area contributed by atoms with Gasteiger partial charge in [-0.1, -0.05) is 5.87 Å². The Hall–Kier alpha value is -2.98. The third-order valence-electron chi connectivity index (χ3n) is 6.29. The minimum atomic E-state index is 0.128. The van der Waals surface area contributed by atoms with Crippen molar-refractivity contribution in [3.8, 4) is 22.9 Å². The first-order valence-corrected chi connectivity index (χ1v) is 14.2. The molecule has 3 aromatic heterocycles. The van der Waals surface area contributed by atoms with Gasteiger partial charge >= 0.3 is 0 Å². The van der Waals surface area contributed by atoms with Crippen LogP contribution in [0.25, 0.3) is 22.2 Å². The Labute approximate surface area is 214 Å². The smallest absolute Gasteiger partial charge is 0.219 e. The van der Waals surface area contributed by atoms with Crippen LogP contribution in [0.3, 0.4) is 0 Å². The van der Waals surface area contributed by atoms with E-state index >= 15 is 0 Å². The van der Waals surface area contributed by atoms with Gasteiger partial charge in [-0.05, 0) is 42.5 Å². The van der Waals surface area contributed by atoms with E-state index in [1.54, 1.807) is 12.4 Å². The molecule has 0 aliphatic carbocycles. The summed E-state index contributed by atoms with van der Waals surface area (Å²) in [5.74, 6) is 6.19. The lowest BCUT2D eigenvalue weighted by molar-refractivity contribution is 0.0824. The van der Waals surface area contributed by atoms with Gasteiger partial charge in [-0.25, -0.2) is 9.67 Å². The van der Waals surface area contributed by atoms with E-state index in [0.717, 1.165) is 67.1 Å². The minimum absolute atomic E-state index is 0.128. The molecular weight excluding hydrogens is 474 g/mol. The van der Waals surface area contributed by atoms with E-state index in [4.69, 9.17) is 13.9 Å². The van der Waals surface area contributed by atoms with E-state index in [2.05, 4.69) is 38.5 Å². The molecule has 1 fully saturated rings. The molecule has 0 amide bonds. The van der Waals surface area contributed by atoms with Gasteiger partial charge in [-0.2, -0.15) is 15.6 Å². The molecule has 0 unspecified atom stereocenters. The molecule has 0 saturated carbocycles. The van der Waals surface area contributed by atoms with Gasteiger partial charge in [0.2, 0.25) is 5.88 Å². The Balaban J connectivity index is 1.20. The molecule has 1 aromatic carbocycles. The lowest BCUT2D eigenvalue weighted by Crippen LogP contribution is -2.44. The highest BCUT2D eigenvalue weighted by atomic mass is 32.2. The zero-order chi connectivity index (χ0) is 24.7. The second-order valence-electron chi connectivity index (χ2n) is 8.99. The molecule has 4 aromatic rings. The second-order valence-corrected chi connectivity index (χ2v) is 11.0. The van der Waals surface area contributed by atoms with Crippen LogP contribution in [-0.2, 0) is 17.9 Å². The monoisotopic (exact) mass is 507 g/mol. The van der Waals surface area contributed by atoms with E-state index in [1.165, 1.54) is 5.56 Å². The average molecular weight is 508 g/mol. The number of hydrogen-bond donors (Lipinski definition) is 1. The highest BCUT2D eigenvalue weighted by molar-refractivity contribution is 8.13. The summed E-state index contributed by atoms with van der Waals surface area (Å²) < 4.78 is 19.4. The van der Waals surface area contributed by atoms with Gasteiger partial charge in [0.05, 0.1) is 18.6 Å². The largest absolute Gasteiger partial charge is 0.464 e. The fraction of sp³-hybridized carbons (Fsp3) is 0.370. The highest BCUT2D eigenvalue weighted by Gasteiger charge is 2.13. The van der Waals surface area contributed by atoms with Crippen molar-refractivity contribution in [3.05, 3.63) is 60.6 Å². The SMILES string of the molecule is C=[S@@](C)CCOCn1nccc1-c1ccc(Oc2ccc3c(CCN4CCNCC4)coc3c2)nc1. The molecule has 1 saturated heterocycles. The van der Waals surface area contributed by atoms with Crippen molar-refractivity contribution >= 4 is 27.3 Å². The lowest BCUT2D eigenvalue weighted by atomic mass is 10.1. The van der Waals surface area contributed by atoms with Gasteiger partial charge < -0.3 is 24.1 Å². The number of piperazine rings is 1. The van der Waals surface area contributed by atoms with Crippen LogP contribution in [0.1, 0.15) is 5.56 Å². The Bertz CT molecular complexity index is 1290. The van der Waals surface area contributed by atoms with E-state index in [1.807, 2.05) is 41.3 Å². The Morgan fingerprint density at radius 1 is 1.17 bits per heavy atom. The quantitative estimate of drug-likeness (QED) is 0.240.